The first-order valence-corrected chi connectivity index (χ1v) is 5.76. The molecule has 6 nitrogen and oxygen atoms in total. The molecule has 0 spiro atoms. The third-order valence-corrected chi connectivity index (χ3v) is 2.91. The molecule has 0 aromatic heterocycles. The van der Waals surface area contributed by atoms with Crippen molar-refractivity contribution in [3.8, 4) is 0 Å². The number of anilines is 1. The van der Waals surface area contributed by atoms with Gasteiger partial charge in [0.25, 0.3) is 5.69 Å². The molecule has 1 aromatic carbocycles. The number of hydrogen-bond acceptors (Lipinski definition) is 4. The van der Waals surface area contributed by atoms with Crippen molar-refractivity contribution in [2.45, 2.75) is 26.3 Å². The molecular formula is C12H17N3O3. The Morgan fingerprint density at radius 2 is 2.00 bits per heavy atom. The number of nitrogens with two attached hydrogens (primary N) is 1. The van der Waals surface area contributed by atoms with Gasteiger partial charge in [0.15, 0.2) is 0 Å². The smallest absolute Gasteiger partial charge is 0.269 e. The molecule has 0 aliphatic rings. The van der Waals surface area contributed by atoms with Crippen molar-refractivity contribution in [3.05, 3.63) is 34.4 Å². The van der Waals surface area contributed by atoms with E-state index in [-0.39, 0.29) is 17.5 Å². The number of amides is 1. The Labute approximate surface area is 105 Å². The fourth-order valence-electron chi connectivity index (χ4n) is 1.40. The van der Waals surface area contributed by atoms with Crippen LogP contribution in [0.3, 0.4) is 0 Å². The summed E-state index contributed by atoms with van der Waals surface area (Å²) < 4.78 is 0. The van der Waals surface area contributed by atoms with E-state index in [0.717, 1.165) is 6.42 Å². The predicted molar refractivity (Wildman–Crippen MR) is 69.2 cm³/mol. The maximum atomic E-state index is 11.8. The molecule has 0 aliphatic carbocycles. The maximum Gasteiger partial charge on any atom is 0.269 e. The fraction of sp³-hybridized carbons (Fsp3) is 0.417. The number of non-ortho nitro benzene ring substituents is 1. The van der Waals surface area contributed by atoms with E-state index in [9.17, 15) is 14.9 Å². The minimum Gasteiger partial charge on any atom is -0.325 e. The Kier molecular flexibility index (Phi) is 4.79. The quantitative estimate of drug-likeness (QED) is 0.616. The summed E-state index contributed by atoms with van der Waals surface area (Å²) in [7, 11) is 0. The molecule has 18 heavy (non-hydrogen) atoms. The van der Waals surface area contributed by atoms with E-state index in [4.69, 9.17) is 5.73 Å². The van der Waals surface area contributed by atoms with Gasteiger partial charge in [-0.2, -0.15) is 0 Å². The van der Waals surface area contributed by atoms with E-state index in [0.29, 0.717) is 5.69 Å². The Balaban J connectivity index is 2.67. The first-order valence-electron chi connectivity index (χ1n) is 5.76. The maximum absolute atomic E-state index is 11.8. The lowest BCUT2D eigenvalue weighted by atomic mass is 9.99. The molecular weight excluding hydrogens is 234 g/mol. The SMILES string of the molecule is CC[C@H](C)[C@H](N)C(=O)Nc1ccc([N+](=O)[O-])cc1. The zero-order valence-electron chi connectivity index (χ0n) is 10.4. The second-order valence-electron chi connectivity index (χ2n) is 4.20. The summed E-state index contributed by atoms with van der Waals surface area (Å²) in [5, 5.41) is 13.1. The average molecular weight is 251 g/mol. The van der Waals surface area contributed by atoms with Crippen molar-refractivity contribution in [2.24, 2.45) is 11.7 Å². The van der Waals surface area contributed by atoms with Crippen LogP contribution in [-0.4, -0.2) is 16.9 Å². The summed E-state index contributed by atoms with van der Waals surface area (Å²) in [6.07, 6.45) is 0.814. The minimum atomic E-state index is -0.579. The molecule has 0 radical (unpaired) electrons. The van der Waals surface area contributed by atoms with Gasteiger partial charge in [0, 0.05) is 17.8 Å². The highest BCUT2D eigenvalue weighted by atomic mass is 16.6. The second-order valence-corrected chi connectivity index (χ2v) is 4.20. The lowest BCUT2D eigenvalue weighted by Crippen LogP contribution is -2.40. The zero-order chi connectivity index (χ0) is 13.7. The van der Waals surface area contributed by atoms with Crippen LogP contribution in [0.4, 0.5) is 11.4 Å². The van der Waals surface area contributed by atoms with Crippen LogP contribution in [-0.2, 0) is 4.79 Å². The van der Waals surface area contributed by atoms with Gasteiger partial charge in [-0.15, -0.1) is 0 Å². The zero-order valence-corrected chi connectivity index (χ0v) is 10.4. The number of nitro benzene ring substituents is 1. The van der Waals surface area contributed by atoms with Crippen LogP contribution in [0.1, 0.15) is 20.3 Å². The number of nitro groups is 1. The van der Waals surface area contributed by atoms with E-state index in [1.165, 1.54) is 24.3 Å². The van der Waals surface area contributed by atoms with Gasteiger partial charge in [0.05, 0.1) is 11.0 Å². The highest BCUT2D eigenvalue weighted by Crippen LogP contribution is 2.16. The van der Waals surface area contributed by atoms with Crippen molar-refractivity contribution < 1.29 is 9.72 Å². The summed E-state index contributed by atoms with van der Waals surface area (Å²) in [5.41, 5.74) is 6.27. The molecule has 0 bridgehead atoms. The first kappa shape index (κ1) is 14.1. The number of rotatable bonds is 5. The molecule has 0 fully saturated rings. The lowest BCUT2D eigenvalue weighted by Gasteiger charge is -2.17. The molecule has 1 aromatic rings. The Hall–Kier alpha value is -1.95. The van der Waals surface area contributed by atoms with Crippen LogP contribution < -0.4 is 11.1 Å². The molecule has 0 saturated carbocycles. The van der Waals surface area contributed by atoms with Crippen molar-refractivity contribution in [3.63, 3.8) is 0 Å². The van der Waals surface area contributed by atoms with Crippen molar-refractivity contribution >= 4 is 17.3 Å². The number of nitrogens with one attached hydrogen (secondary N) is 1. The van der Waals surface area contributed by atoms with Gasteiger partial charge in [-0.05, 0) is 18.1 Å². The van der Waals surface area contributed by atoms with Crippen LogP contribution in [0.5, 0.6) is 0 Å². The van der Waals surface area contributed by atoms with E-state index >= 15 is 0 Å². The van der Waals surface area contributed by atoms with Gasteiger partial charge in [0.1, 0.15) is 0 Å². The molecule has 6 heteroatoms. The van der Waals surface area contributed by atoms with Crippen molar-refractivity contribution in [1.29, 1.82) is 0 Å². The largest absolute Gasteiger partial charge is 0.325 e. The van der Waals surface area contributed by atoms with Crippen molar-refractivity contribution in [1.82, 2.24) is 0 Å². The van der Waals surface area contributed by atoms with E-state index < -0.39 is 11.0 Å². The summed E-state index contributed by atoms with van der Waals surface area (Å²) >= 11 is 0. The topological polar surface area (TPSA) is 98.3 Å². The lowest BCUT2D eigenvalue weighted by molar-refractivity contribution is -0.384. The molecule has 98 valence electrons. The van der Waals surface area contributed by atoms with Gasteiger partial charge < -0.3 is 11.1 Å². The Morgan fingerprint density at radius 1 is 1.44 bits per heavy atom. The van der Waals surface area contributed by atoms with Gasteiger partial charge in [-0.1, -0.05) is 20.3 Å². The molecule has 3 N–H and O–H groups in total. The number of benzene rings is 1. The summed E-state index contributed by atoms with van der Waals surface area (Å²) in [6.45, 7) is 3.86. The molecule has 1 rings (SSSR count). The van der Waals surface area contributed by atoms with Crippen LogP contribution in [0.2, 0.25) is 0 Å². The summed E-state index contributed by atoms with van der Waals surface area (Å²) in [4.78, 5) is 21.7. The predicted octanol–water partition coefficient (Wildman–Crippen LogP) is 1.91. The monoisotopic (exact) mass is 251 g/mol. The van der Waals surface area contributed by atoms with E-state index in [1.54, 1.807) is 0 Å². The van der Waals surface area contributed by atoms with Crippen molar-refractivity contribution in [2.75, 3.05) is 5.32 Å². The normalized spacial score (nSPS) is 13.7. The molecule has 1 amide bonds. The van der Waals surface area contributed by atoms with Crippen LogP contribution in [0.25, 0.3) is 0 Å². The number of carbonyl (C=O) groups excluding carboxylic acids is 1. The van der Waals surface area contributed by atoms with Gasteiger partial charge in [-0.3, -0.25) is 14.9 Å². The third-order valence-electron chi connectivity index (χ3n) is 2.91. The van der Waals surface area contributed by atoms with Gasteiger partial charge in [-0.25, -0.2) is 0 Å². The summed E-state index contributed by atoms with van der Waals surface area (Å²) in [6, 6.07) is 5.07. The van der Waals surface area contributed by atoms with Crippen LogP contribution in [0, 0.1) is 16.0 Å². The molecule has 0 heterocycles. The Bertz CT molecular complexity index is 431. The molecule has 2 atom stereocenters. The summed E-state index contributed by atoms with van der Waals surface area (Å²) in [5.74, 6) is -0.193. The highest BCUT2D eigenvalue weighted by Gasteiger charge is 2.19. The van der Waals surface area contributed by atoms with Crippen LogP contribution >= 0.6 is 0 Å². The third kappa shape index (κ3) is 3.53. The van der Waals surface area contributed by atoms with Crippen LogP contribution in [0.15, 0.2) is 24.3 Å². The van der Waals surface area contributed by atoms with E-state index in [2.05, 4.69) is 5.32 Å². The molecule has 0 unspecified atom stereocenters. The molecule has 0 saturated heterocycles. The fourth-order valence-corrected chi connectivity index (χ4v) is 1.40. The number of carbonyl (C=O) groups is 1. The minimum absolute atomic E-state index is 0.0146. The number of nitrogens with zero attached hydrogens (tertiary/aromatic N) is 1. The van der Waals surface area contributed by atoms with Gasteiger partial charge >= 0.3 is 0 Å². The standard InChI is InChI=1S/C12H17N3O3/c1-3-8(2)11(13)12(16)14-9-4-6-10(7-5-9)15(17)18/h4-8,11H,3,13H2,1-2H3,(H,14,16)/t8-,11-/m0/s1. The van der Waals surface area contributed by atoms with Gasteiger partial charge in [0.2, 0.25) is 5.91 Å². The highest BCUT2D eigenvalue weighted by molar-refractivity contribution is 5.94. The molecule has 0 aliphatic heterocycles. The second kappa shape index (κ2) is 6.11. The van der Waals surface area contributed by atoms with E-state index in [1.807, 2.05) is 13.8 Å². The Morgan fingerprint density at radius 3 is 2.44 bits per heavy atom. The number of hydrogen-bond donors (Lipinski definition) is 2. The average Bonchev–Trinajstić information content (AvgIpc) is 2.37. The first-order chi connectivity index (χ1) is 8.45.